The molecule has 8 heteroatoms. The summed E-state index contributed by atoms with van der Waals surface area (Å²) >= 11 is 0. The first-order chi connectivity index (χ1) is 11.8. The number of nitrogens with one attached hydrogen (secondary N) is 1. The number of nitrogens with zero attached hydrogens (tertiary/aromatic N) is 1. The van der Waals surface area contributed by atoms with Crippen molar-refractivity contribution < 1.29 is 22.3 Å². The Hall–Kier alpha value is -1.67. The van der Waals surface area contributed by atoms with Gasteiger partial charge >= 0.3 is 0 Å². The molecule has 1 aromatic carbocycles. The van der Waals surface area contributed by atoms with Crippen LogP contribution in [0.25, 0.3) is 0 Å². The standard InChI is InChI=1S/C17H25FN2O4S/c1-4-12(2)19-17(21)13-7-9-20(10-8-13)25(22,23)16-11-14(18)5-6-15(16)24-3/h5-6,11-13H,4,7-10H2,1-3H3,(H,19,21)/t12-/m1/s1. The second kappa shape index (κ2) is 8.14. The minimum absolute atomic E-state index is 0.0327. The number of halogens is 1. The predicted octanol–water partition coefficient (Wildman–Crippen LogP) is 2.15. The van der Waals surface area contributed by atoms with Gasteiger partial charge in [-0.3, -0.25) is 4.79 Å². The highest BCUT2D eigenvalue weighted by Gasteiger charge is 2.34. The number of carbonyl (C=O) groups is 1. The first-order valence-electron chi connectivity index (χ1n) is 8.43. The first-order valence-corrected chi connectivity index (χ1v) is 9.87. The monoisotopic (exact) mass is 372 g/mol. The van der Waals surface area contributed by atoms with Crippen LogP contribution < -0.4 is 10.1 Å². The van der Waals surface area contributed by atoms with Crippen LogP contribution in [0, 0.1) is 11.7 Å². The van der Waals surface area contributed by atoms with E-state index in [-0.39, 0.29) is 41.6 Å². The van der Waals surface area contributed by atoms with Crippen molar-refractivity contribution >= 4 is 15.9 Å². The Labute approximate surface area is 148 Å². The molecule has 6 nitrogen and oxygen atoms in total. The molecule has 1 amide bonds. The van der Waals surface area contributed by atoms with Gasteiger partial charge in [0.1, 0.15) is 16.5 Å². The van der Waals surface area contributed by atoms with E-state index in [1.807, 2.05) is 13.8 Å². The van der Waals surface area contributed by atoms with Crippen molar-refractivity contribution in [2.75, 3.05) is 20.2 Å². The van der Waals surface area contributed by atoms with Crippen LogP contribution in [0.15, 0.2) is 23.1 Å². The van der Waals surface area contributed by atoms with Crippen molar-refractivity contribution in [1.29, 1.82) is 0 Å². The Bertz CT molecular complexity index is 715. The normalized spacial score (nSPS) is 17.9. The highest BCUT2D eigenvalue weighted by atomic mass is 32.2. The molecule has 0 aliphatic carbocycles. The van der Waals surface area contributed by atoms with Gasteiger partial charge < -0.3 is 10.1 Å². The fourth-order valence-corrected chi connectivity index (χ4v) is 4.45. The lowest BCUT2D eigenvalue weighted by atomic mass is 9.97. The molecule has 0 bridgehead atoms. The number of hydrogen-bond acceptors (Lipinski definition) is 4. The van der Waals surface area contributed by atoms with E-state index in [1.165, 1.54) is 17.5 Å². The summed E-state index contributed by atoms with van der Waals surface area (Å²) < 4.78 is 45.5. The van der Waals surface area contributed by atoms with Crippen LogP contribution in [-0.4, -0.2) is 44.9 Å². The molecule has 1 fully saturated rings. The molecule has 0 aromatic heterocycles. The highest BCUT2D eigenvalue weighted by Crippen LogP contribution is 2.30. The van der Waals surface area contributed by atoms with Gasteiger partial charge in [-0.15, -0.1) is 0 Å². The minimum atomic E-state index is -3.87. The lowest BCUT2D eigenvalue weighted by molar-refractivity contribution is -0.126. The fourth-order valence-electron chi connectivity index (χ4n) is 2.81. The van der Waals surface area contributed by atoms with Gasteiger partial charge in [-0.1, -0.05) is 6.92 Å². The molecule has 1 N–H and O–H groups in total. The van der Waals surface area contributed by atoms with Gasteiger partial charge in [0.15, 0.2) is 0 Å². The second-order valence-electron chi connectivity index (χ2n) is 6.29. The zero-order valence-corrected chi connectivity index (χ0v) is 15.6. The van der Waals surface area contributed by atoms with Gasteiger partial charge in [0.25, 0.3) is 0 Å². The second-order valence-corrected chi connectivity index (χ2v) is 8.20. The van der Waals surface area contributed by atoms with E-state index in [2.05, 4.69) is 5.32 Å². The number of methoxy groups -OCH3 is 1. The van der Waals surface area contributed by atoms with Crippen LogP contribution in [0.1, 0.15) is 33.1 Å². The van der Waals surface area contributed by atoms with Gasteiger partial charge in [0.2, 0.25) is 15.9 Å². The van der Waals surface area contributed by atoms with E-state index in [4.69, 9.17) is 4.74 Å². The third kappa shape index (κ3) is 4.49. The van der Waals surface area contributed by atoms with E-state index in [0.717, 1.165) is 18.6 Å². The summed E-state index contributed by atoms with van der Waals surface area (Å²) in [6, 6.07) is 3.53. The van der Waals surface area contributed by atoms with Crippen molar-refractivity contribution in [2.24, 2.45) is 5.92 Å². The first kappa shape index (κ1) is 19.7. The van der Waals surface area contributed by atoms with Crippen molar-refractivity contribution in [3.8, 4) is 5.75 Å². The van der Waals surface area contributed by atoms with Crippen LogP contribution in [0.3, 0.4) is 0 Å². The molecule has 25 heavy (non-hydrogen) atoms. The third-order valence-corrected chi connectivity index (χ3v) is 6.49. The molecule has 1 saturated heterocycles. The molecule has 1 aliphatic rings. The molecule has 0 unspecified atom stereocenters. The third-order valence-electron chi connectivity index (χ3n) is 4.57. The quantitative estimate of drug-likeness (QED) is 0.830. The Balaban J connectivity index is 2.09. The van der Waals surface area contributed by atoms with E-state index < -0.39 is 15.8 Å². The average molecular weight is 372 g/mol. The topological polar surface area (TPSA) is 75.7 Å². The molecule has 1 aliphatic heterocycles. The molecule has 0 radical (unpaired) electrons. The van der Waals surface area contributed by atoms with Crippen molar-refractivity contribution in [2.45, 2.75) is 44.0 Å². The smallest absolute Gasteiger partial charge is 0.246 e. The lowest BCUT2D eigenvalue weighted by Gasteiger charge is -2.31. The summed E-state index contributed by atoms with van der Waals surface area (Å²) in [5.41, 5.74) is 0. The van der Waals surface area contributed by atoms with Crippen LogP contribution in [0.2, 0.25) is 0 Å². The summed E-state index contributed by atoms with van der Waals surface area (Å²) in [5.74, 6) is -0.759. The van der Waals surface area contributed by atoms with E-state index in [9.17, 15) is 17.6 Å². The van der Waals surface area contributed by atoms with E-state index in [1.54, 1.807) is 0 Å². The maximum absolute atomic E-state index is 13.5. The molecule has 1 heterocycles. The molecular formula is C17H25FN2O4S. The number of hydrogen-bond donors (Lipinski definition) is 1. The molecular weight excluding hydrogens is 347 g/mol. The largest absolute Gasteiger partial charge is 0.495 e. The van der Waals surface area contributed by atoms with Gasteiger partial charge in [0.05, 0.1) is 7.11 Å². The number of ether oxygens (including phenoxy) is 1. The highest BCUT2D eigenvalue weighted by molar-refractivity contribution is 7.89. The lowest BCUT2D eigenvalue weighted by Crippen LogP contribution is -2.44. The average Bonchev–Trinajstić information content (AvgIpc) is 2.61. The summed E-state index contributed by atoms with van der Waals surface area (Å²) in [5, 5.41) is 2.93. The van der Waals surface area contributed by atoms with Crippen LogP contribution in [0.4, 0.5) is 4.39 Å². The molecule has 140 valence electrons. The Morgan fingerprint density at radius 1 is 1.40 bits per heavy atom. The Morgan fingerprint density at radius 2 is 2.04 bits per heavy atom. The van der Waals surface area contributed by atoms with Crippen LogP contribution in [0.5, 0.6) is 5.75 Å². The summed E-state index contributed by atoms with van der Waals surface area (Å²) in [7, 11) is -2.52. The number of rotatable bonds is 6. The Morgan fingerprint density at radius 3 is 2.60 bits per heavy atom. The maximum atomic E-state index is 13.5. The summed E-state index contributed by atoms with van der Waals surface area (Å²) in [4.78, 5) is 12.0. The maximum Gasteiger partial charge on any atom is 0.246 e. The van der Waals surface area contributed by atoms with Crippen LogP contribution in [-0.2, 0) is 14.8 Å². The van der Waals surface area contributed by atoms with Crippen molar-refractivity contribution in [3.63, 3.8) is 0 Å². The number of amides is 1. The van der Waals surface area contributed by atoms with E-state index >= 15 is 0 Å². The molecule has 1 atom stereocenters. The van der Waals surface area contributed by atoms with E-state index in [0.29, 0.717) is 12.8 Å². The number of sulfonamides is 1. The summed E-state index contributed by atoms with van der Waals surface area (Å²) in [6.45, 7) is 4.38. The zero-order chi connectivity index (χ0) is 18.6. The van der Waals surface area contributed by atoms with Crippen molar-refractivity contribution in [1.82, 2.24) is 9.62 Å². The number of benzene rings is 1. The van der Waals surface area contributed by atoms with Gasteiger partial charge in [-0.25, -0.2) is 12.8 Å². The van der Waals surface area contributed by atoms with Gasteiger partial charge in [-0.05, 0) is 44.4 Å². The van der Waals surface area contributed by atoms with Gasteiger partial charge in [-0.2, -0.15) is 4.31 Å². The number of piperidine rings is 1. The molecule has 0 saturated carbocycles. The number of carbonyl (C=O) groups excluding carboxylic acids is 1. The van der Waals surface area contributed by atoms with Gasteiger partial charge in [0, 0.05) is 25.0 Å². The molecule has 1 aromatic rings. The summed E-state index contributed by atoms with van der Waals surface area (Å²) in [6.07, 6.45) is 1.73. The van der Waals surface area contributed by atoms with Crippen LogP contribution >= 0.6 is 0 Å². The van der Waals surface area contributed by atoms with Crippen molar-refractivity contribution in [3.05, 3.63) is 24.0 Å². The molecule has 2 rings (SSSR count). The predicted molar refractivity (Wildman–Crippen MR) is 92.3 cm³/mol. The SMILES string of the molecule is CC[C@@H](C)NC(=O)C1CCN(S(=O)(=O)c2cc(F)ccc2OC)CC1. The molecule has 0 spiro atoms. The fraction of sp³-hybridized carbons (Fsp3) is 0.588. The zero-order valence-electron chi connectivity index (χ0n) is 14.8. The minimum Gasteiger partial charge on any atom is -0.495 e. The Kier molecular flexibility index (Phi) is 6.40.